The highest BCUT2D eigenvalue weighted by Gasteiger charge is 2.33. The van der Waals surface area contributed by atoms with Gasteiger partial charge in [-0.3, -0.25) is 0 Å². The highest BCUT2D eigenvalue weighted by molar-refractivity contribution is 7.11. The molecule has 0 saturated carbocycles. The number of nitrogens with one attached hydrogen (secondary N) is 1. The largest absolute Gasteiger partial charge is 0.371 e. The van der Waals surface area contributed by atoms with Crippen LogP contribution in [-0.2, 0) is 16.9 Å². The summed E-state index contributed by atoms with van der Waals surface area (Å²) in [6.07, 6.45) is 1.93. The second-order valence-corrected chi connectivity index (χ2v) is 6.25. The molecule has 0 saturated heterocycles. The first-order chi connectivity index (χ1) is 9.04. The lowest BCUT2D eigenvalue weighted by Crippen LogP contribution is -2.26. The van der Waals surface area contributed by atoms with Gasteiger partial charge in [-0.2, -0.15) is 0 Å². The lowest BCUT2D eigenvalue weighted by molar-refractivity contribution is -0.0220. The molecule has 4 heteroatoms. The van der Waals surface area contributed by atoms with E-state index < -0.39 is 0 Å². The van der Waals surface area contributed by atoms with Gasteiger partial charge in [-0.05, 0) is 25.3 Å². The molecule has 0 fully saturated rings. The molecule has 0 aromatic carbocycles. The van der Waals surface area contributed by atoms with Gasteiger partial charge in [0.1, 0.15) is 10.6 Å². The summed E-state index contributed by atoms with van der Waals surface area (Å²) in [7, 11) is 1.80. The standard InChI is InChI=1S/C15H28N2OS/c1-7-15(8-2,18-6)14-17-13(11(4)5)12(19-14)10-16-9-3/h11,16H,7-10H2,1-6H3. The minimum absolute atomic E-state index is 0.210. The quantitative estimate of drug-likeness (QED) is 0.782. The third-order valence-electron chi connectivity index (χ3n) is 3.73. The van der Waals surface area contributed by atoms with Crippen LogP contribution in [0.15, 0.2) is 0 Å². The van der Waals surface area contributed by atoms with Gasteiger partial charge < -0.3 is 10.1 Å². The Morgan fingerprint density at radius 3 is 2.32 bits per heavy atom. The van der Waals surface area contributed by atoms with Crippen molar-refractivity contribution in [1.29, 1.82) is 0 Å². The zero-order valence-corrected chi connectivity index (χ0v) is 14.0. The van der Waals surface area contributed by atoms with Gasteiger partial charge in [0.15, 0.2) is 0 Å². The summed E-state index contributed by atoms with van der Waals surface area (Å²) < 4.78 is 5.80. The zero-order valence-electron chi connectivity index (χ0n) is 13.2. The van der Waals surface area contributed by atoms with Gasteiger partial charge in [0.05, 0.1) is 5.69 Å². The second kappa shape index (κ2) is 7.36. The summed E-state index contributed by atoms with van der Waals surface area (Å²) in [5.74, 6) is 0.460. The predicted molar refractivity (Wildman–Crippen MR) is 82.9 cm³/mol. The SMILES string of the molecule is CCNCc1sc(C(CC)(CC)OC)nc1C(C)C. The molecule has 0 aliphatic carbocycles. The van der Waals surface area contributed by atoms with Crippen LogP contribution in [0.3, 0.4) is 0 Å². The highest BCUT2D eigenvalue weighted by Crippen LogP contribution is 2.38. The van der Waals surface area contributed by atoms with Crippen LogP contribution >= 0.6 is 11.3 Å². The molecular formula is C15H28N2OS. The number of hydrogen-bond acceptors (Lipinski definition) is 4. The minimum Gasteiger partial charge on any atom is -0.371 e. The first-order valence-electron chi connectivity index (χ1n) is 7.30. The molecule has 0 spiro atoms. The molecule has 0 atom stereocenters. The Balaban J connectivity index is 3.15. The Bertz CT molecular complexity index is 375. The summed E-state index contributed by atoms with van der Waals surface area (Å²) in [4.78, 5) is 6.26. The lowest BCUT2D eigenvalue weighted by atomic mass is 9.98. The molecule has 1 N–H and O–H groups in total. The van der Waals surface area contributed by atoms with E-state index in [1.807, 2.05) is 11.3 Å². The average molecular weight is 284 g/mol. The number of thiazole rings is 1. The minimum atomic E-state index is -0.210. The number of methoxy groups -OCH3 is 1. The van der Waals surface area contributed by atoms with Crippen molar-refractivity contribution in [2.24, 2.45) is 0 Å². The summed E-state index contributed by atoms with van der Waals surface area (Å²) >= 11 is 1.81. The van der Waals surface area contributed by atoms with Gasteiger partial charge in [0, 0.05) is 18.5 Å². The van der Waals surface area contributed by atoms with Gasteiger partial charge in [0.25, 0.3) is 0 Å². The molecular weight excluding hydrogens is 256 g/mol. The topological polar surface area (TPSA) is 34.1 Å². The van der Waals surface area contributed by atoms with E-state index in [-0.39, 0.29) is 5.60 Å². The molecule has 0 aliphatic heterocycles. The van der Waals surface area contributed by atoms with Crippen molar-refractivity contribution in [2.45, 2.75) is 65.5 Å². The molecule has 3 nitrogen and oxygen atoms in total. The molecule has 110 valence electrons. The van der Waals surface area contributed by atoms with Crippen LogP contribution in [0.25, 0.3) is 0 Å². The van der Waals surface area contributed by atoms with Crippen LogP contribution in [-0.4, -0.2) is 18.6 Å². The summed E-state index contributed by atoms with van der Waals surface area (Å²) in [6.45, 7) is 12.8. The maximum atomic E-state index is 5.80. The Labute approximate surface area is 121 Å². The smallest absolute Gasteiger partial charge is 0.125 e. The van der Waals surface area contributed by atoms with E-state index in [1.165, 1.54) is 10.6 Å². The molecule has 1 rings (SSSR count). The van der Waals surface area contributed by atoms with E-state index in [4.69, 9.17) is 9.72 Å². The number of rotatable bonds is 8. The van der Waals surface area contributed by atoms with Gasteiger partial charge in [-0.25, -0.2) is 4.98 Å². The van der Waals surface area contributed by atoms with Crippen LogP contribution in [0.1, 0.15) is 69.0 Å². The van der Waals surface area contributed by atoms with Crippen molar-refractivity contribution in [2.75, 3.05) is 13.7 Å². The maximum Gasteiger partial charge on any atom is 0.125 e. The van der Waals surface area contributed by atoms with Gasteiger partial charge in [-0.1, -0.05) is 34.6 Å². The number of nitrogens with zero attached hydrogens (tertiary/aromatic N) is 1. The Kier molecular flexibility index (Phi) is 6.43. The average Bonchev–Trinajstić information content (AvgIpc) is 2.84. The second-order valence-electron chi connectivity index (χ2n) is 5.17. The van der Waals surface area contributed by atoms with Crippen LogP contribution in [0.2, 0.25) is 0 Å². The van der Waals surface area contributed by atoms with Gasteiger partial charge in [-0.15, -0.1) is 11.3 Å². The molecule has 1 aromatic heterocycles. The number of aromatic nitrogens is 1. The van der Waals surface area contributed by atoms with E-state index in [9.17, 15) is 0 Å². The monoisotopic (exact) mass is 284 g/mol. The van der Waals surface area contributed by atoms with Crippen molar-refractivity contribution < 1.29 is 4.74 Å². The van der Waals surface area contributed by atoms with Crippen molar-refractivity contribution in [3.8, 4) is 0 Å². The first-order valence-corrected chi connectivity index (χ1v) is 8.12. The Hall–Kier alpha value is -0.450. The number of hydrogen-bond donors (Lipinski definition) is 1. The summed E-state index contributed by atoms with van der Waals surface area (Å²) in [5, 5.41) is 4.54. The Morgan fingerprint density at radius 1 is 1.26 bits per heavy atom. The van der Waals surface area contributed by atoms with E-state index in [1.54, 1.807) is 7.11 Å². The lowest BCUT2D eigenvalue weighted by Gasteiger charge is -2.27. The van der Waals surface area contributed by atoms with E-state index >= 15 is 0 Å². The fraction of sp³-hybridized carbons (Fsp3) is 0.800. The van der Waals surface area contributed by atoms with Gasteiger partial charge >= 0.3 is 0 Å². The third-order valence-corrected chi connectivity index (χ3v) is 4.99. The normalized spacial score (nSPS) is 12.4. The highest BCUT2D eigenvalue weighted by atomic mass is 32.1. The molecule has 0 amide bonds. The van der Waals surface area contributed by atoms with Gasteiger partial charge in [0.2, 0.25) is 0 Å². The molecule has 19 heavy (non-hydrogen) atoms. The predicted octanol–water partition coefficient (Wildman–Crippen LogP) is 4.04. The molecule has 0 unspecified atom stereocenters. The van der Waals surface area contributed by atoms with Crippen molar-refractivity contribution in [3.63, 3.8) is 0 Å². The van der Waals surface area contributed by atoms with Crippen LogP contribution in [0.5, 0.6) is 0 Å². The van der Waals surface area contributed by atoms with Crippen molar-refractivity contribution >= 4 is 11.3 Å². The number of ether oxygens (including phenoxy) is 1. The zero-order chi connectivity index (χ0) is 14.5. The first kappa shape index (κ1) is 16.6. The van der Waals surface area contributed by atoms with E-state index in [0.717, 1.165) is 30.9 Å². The van der Waals surface area contributed by atoms with Crippen molar-refractivity contribution in [1.82, 2.24) is 10.3 Å². The fourth-order valence-electron chi connectivity index (χ4n) is 2.30. The molecule has 0 bridgehead atoms. The molecule has 0 radical (unpaired) electrons. The molecule has 0 aliphatic rings. The molecule has 1 aromatic rings. The summed E-state index contributed by atoms with van der Waals surface area (Å²) in [5.41, 5.74) is 1.02. The van der Waals surface area contributed by atoms with Crippen LogP contribution in [0, 0.1) is 0 Å². The van der Waals surface area contributed by atoms with Crippen LogP contribution < -0.4 is 5.32 Å². The van der Waals surface area contributed by atoms with Crippen LogP contribution in [0.4, 0.5) is 0 Å². The van der Waals surface area contributed by atoms with E-state index in [0.29, 0.717) is 5.92 Å². The summed E-state index contributed by atoms with van der Waals surface area (Å²) in [6, 6.07) is 0. The maximum absolute atomic E-state index is 5.80. The third kappa shape index (κ3) is 3.56. The molecule has 1 heterocycles. The van der Waals surface area contributed by atoms with E-state index in [2.05, 4.69) is 39.9 Å². The van der Waals surface area contributed by atoms with Crippen molar-refractivity contribution in [3.05, 3.63) is 15.6 Å². The Morgan fingerprint density at radius 2 is 1.89 bits per heavy atom. The fourth-order valence-corrected chi connectivity index (χ4v) is 3.80.